The number of imide groups is 1. The molecule has 2 aliphatic heterocycles. The molecular weight excluding hydrogens is 566 g/mol. The second kappa shape index (κ2) is 10.8. The van der Waals surface area contributed by atoms with Crippen LogP contribution in [0.3, 0.4) is 0 Å². The summed E-state index contributed by atoms with van der Waals surface area (Å²) in [5, 5.41) is 13.0. The Kier molecular flexibility index (Phi) is 7.39. The number of aliphatic hydroxyl groups is 1. The van der Waals surface area contributed by atoms with Crippen molar-refractivity contribution in [2.45, 2.75) is 107 Å². The van der Waals surface area contributed by atoms with Crippen molar-refractivity contribution in [2.75, 3.05) is 26.4 Å². The van der Waals surface area contributed by atoms with E-state index in [1.165, 1.54) is 34.4 Å². The number of piperidine rings is 1. The van der Waals surface area contributed by atoms with Crippen LogP contribution in [0.4, 0.5) is 4.79 Å². The standard InChI is InChI=1S/C36H49N3O4Si/c1-26-10-13-29-21-31-36(42)15-14-35(24-34(36,30(29)20-26)16-17-37(31)22-28-11-12-28)32(40)38(25-43-18-19-44(2,3)4)33(41)39(35)23-27-8-6-5-7-9-27/h5-10,13,20,28,31,42H,11-12,14-19,21-25H2,1-4H3/t31-,34-,35+,36-/m1/s1. The predicted molar refractivity (Wildman–Crippen MR) is 174 cm³/mol. The molecule has 0 radical (unpaired) electrons. The Morgan fingerprint density at radius 1 is 1.02 bits per heavy atom. The number of ether oxygens (including phenoxy) is 1. The van der Waals surface area contributed by atoms with Crippen molar-refractivity contribution < 1.29 is 19.4 Å². The predicted octanol–water partition coefficient (Wildman–Crippen LogP) is 5.70. The Morgan fingerprint density at radius 2 is 1.80 bits per heavy atom. The zero-order chi connectivity index (χ0) is 30.9. The van der Waals surface area contributed by atoms with Crippen LogP contribution in [0.1, 0.15) is 60.8 Å². The van der Waals surface area contributed by atoms with Gasteiger partial charge in [-0.25, -0.2) is 9.69 Å². The third-order valence-corrected chi connectivity index (χ3v) is 13.3. The summed E-state index contributed by atoms with van der Waals surface area (Å²) in [5.74, 6) is 0.588. The van der Waals surface area contributed by atoms with Crippen LogP contribution in [0.15, 0.2) is 48.5 Å². The molecule has 3 aliphatic carbocycles. The third kappa shape index (κ3) is 4.88. The van der Waals surface area contributed by atoms with Crippen LogP contribution >= 0.6 is 0 Å². The molecule has 2 aromatic carbocycles. The Balaban J connectivity index is 1.28. The van der Waals surface area contributed by atoms with E-state index in [9.17, 15) is 14.7 Å². The Morgan fingerprint density at radius 3 is 2.52 bits per heavy atom. The minimum absolute atomic E-state index is 0.0139. The first kappa shape index (κ1) is 30.1. The van der Waals surface area contributed by atoms with Crippen molar-refractivity contribution >= 4 is 20.0 Å². The lowest BCUT2D eigenvalue weighted by atomic mass is 9.46. The fourth-order valence-electron chi connectivity index (χ4n) is 8.92. The number of amides is 3. The number of nitrogens with zero attached hydrogens (tertiary/aromatic N) is 3. The van der Waals surface area contributed by atoms with Crippen LogP contribution in [-0.2, 0) is 27.9 Å². The van der Waals surface area contributed by atoms with Crippen LogP contribution in [0.5, 0.6) is 0 Å². The first-order valence-corrected chi connectivity index (χ1v) is 20.5. The number of rotatable bonds is 9. The topological polar surface area (TPSA) is 73.3 Å². The lowest BCUT2D eigenvalue weighted by molar-refractivity contribution is -0.189. The Labute approximate surface area is 263 Å². The van der Waals surface area contributed by atoms with E-state index in [1.807, 2.05) is 35.2 Å². The van der Waals surface area contributed by atoms with Gasteiger partial charge < -0.3 is 14.7 Å². The smallest absolute Gasteiger partial charge is 0.329 e. The molecule has 2 bridgehead atoms. The van der Waals surface area contributed by atoms with Crippen LogP contribution in [-0.4, -0.2) is 83.4 Å². The lowest BCUT2D eigenvalue weighted by Gasteiger charge is -2.66. The van der Waals surface area contributed by atoms with E-state index >= 15 is 0 Å². The van der Waals surface area contributed by atoms with E-state index in [2.05, 4.69) is 49.7 Å². The quantitative estimate of drug-likeness (QED) is 0.223. The normalized spacial score (nSPS) is 31.9. The highest BCUT2D eigenvalue weighted by Crippen LogP contribution is 2.62. The molecule has 236 valence electrons. The molecular formula is C36H49N3O4Si. The van der Waals surface area contributed by atoms with Gasteiger partial charge in [-0.2, -0.15) is 0 Å². The maximum absolute atomic E-state index is 14.7. The molecule has 1 N–H and O–H groups in total. The van der Waals surface area contributed by atoms with Crippen molar-refractivity contribution in [3.8, 4) is 0 Å². The molecule has 2 saturated heterocycles. The summed E-state index contributed by atoms with van der Waals surface area (Å²) in [5.41, 5.74) is 2.09. The van der Waals surface area contributed by atoms with Gasteiger partial charge in [-0.15, -0.1) is 0 Å². The number of carbonyl (C=O) groups is 2. The van der Waals surface area contributed by atoms with E-state index in [1.54, 1.807) is 0 Å². The Bertz CT molecular complexity index is 1440. The van der Waals surface area contributed by atoms with Gasteiger partial charge in [0.15, 0.2) is 0 Å². The first-order valence-electron chi connectivity index (χ1n) is 16.8. The van der Waals surface area contributed by atoms with Crippen molar-refractivity contribution in [1.29, 1.82) is 0 Å². The Hall–Kier alpha value is -2.52. The second-order valence-corrected chi connectivity index (χ2v) is 21.3. The van der Waals surface area contributed by atoms with Crippen molar-refractivity contribution in [2.24, 2.45) is 5.92 Å². The van der Waals surface area contributed by atoms with Gasteiger partial charge in [-0.1, -0.05) is 73.7 Å². The van der Waals surface area contributed by atoms with Gasteiger partial charge in [0.2, 0.25) is 0 Å². The molecule has 5 aliphatic rings. The molecule has 7 rings (SSSR count). The van der Waals surface area contributed by atoms with E-state index in [-0.39, 0.29) is 24.7 Å². The highest BCUT2D eigenvalue weighted by Gasteiger charge is 2.72. The molecule has 4 atom stereocenters. The number of hydrogen-bond donors (Lipinski definition) is 1. The lowest BCUT2D eigenvalue weighted by Crippen LogP contribution is -2.76. The average Bonchev–Trinajstić information content (AvgIpc) is 3.78. The molecule has 0 unspecified atom stereocenters. The van der Waals surface area contributed by atoms with Gasteiger partial charge in [-0.05, 0) is 87.1 Å². The molecule has 7 nitrogen and oxygen atoms in total. The fraction of sp³-hybridized carbons (Fsp3) is 0.611. The SMILES string of the molecule is Cc1ccc2c(c1)[C@]13CCN(CC4CC4)[C@H](C2)[C@]1(O)CC[C@]1(C3)C(=O)N(COCC[Si](C)(C)C)C(=O)N1Cc1ccccc1. The summed E-state index contributed by atoms with van der Waals surface area (Å²) in [6.45, 7) is 11.9. The summed E-state index contributed by atoms with van der Waals surface area (Å²) in [7, 11) is -1.32. The summed E-state index contributed by atoms with van der Waals surface area (Å²) in [6, 6.07) is 17.5. The number of aryl methyl sites for hydroxylation is 1. The summed E-state index contributed by atoms with van der Waals surface area (Å²) < 4.78 is 6.04. The van der Waals surface area contributed by atoms with Crippen molar-refractivity contribution in [1.82, 2.24) is 14.7 Å². The highest BCUT2D eigenvalue weighted by atomic mass is 28.3. The number of fused-ring (bicyclic) bond motifs is 1. The number of urea groups is 1. The first-order chi connectivity index (χ1) is 21.0. The molecule has 3 amide bonds. The zero-order valence-corrected chi connectivity index (χ0v) is 28.0. The van der Waals surface area contributed by atoms with Gasteiger partial charge in [0.25, 0.3) is 5.91 Å². The van der Waals surface area contributed by atoms with Crippen LogP contribution in [0.2, 0.25) is 25.7 Å². The monoisotopic (exact) mass is 615 g/mol. The molecule has 8 heteroatoms. The van der Waals surface area contributed by atoms with E-state index < -0.39 is 24.6 Å². The van der Waals surface area contributed by atoms with Gasteiger partial charge in [0.1, 0.15) is 12.3 Å². The molecule has 2 heterocycles. The minimum Gasteiger partial charge on any atom is -0.387 e. The number of likely N-dealkylation sites (tertiary alicyclic amines) is 1. The van der Waals surface area contributed by atoms with E-state index in [0.717, 1.165) is 43.5 Å². The van der Waals surface area contributed by atoms with Gasteiger partial charge in [-0.3, -0.25) is 9.69 Å². The third-order valence-electron chi connectivity index (χ3n) is 11.6. The number of benzene rings is 2. The molecule has 44 heavy (non-hydrogen) atoms. The maximum Gasteiger partial charge on any atom is 0.329 e. The van der Waals surface area contributed by atoms with Crippen molar-refractivity contribution in [3.05, 3.63) is 70.8 Å². The van der Waals surface area contributed by atoms with Crippen LogP contribution in [0, 0.1) is 12.8 Å². The molecule has 2 aromatic rings. The summed E-state index contributed by atoms with van der Waals surface area (Å²) in [6.07, 6.45) is 5.61. The zero-order valence-electron chi connectivity index (χ0n) is 27.0. The van der Waals surface area contributed by atoms with Gasteiger partial charge >= 0.3 is 6.03 Å². The van der Waals surface area contributed by atoms with E-state index in [0.29, 0.717) is 32.4 Å². The van der Waals surface area contributed by atoms with Crippen LogP contribution < -0.4 is 0 Å². The molecule has 0 aromatic heterocycles. The molecule has 4 fully saturated rings. The number of hydrogen-bond acceptors (Lipinski definition) is 5. The average molecular weight is 616 g/mol. The maximum atomic E-state index is 14.7. The van der Waals surface area contributed by atoms with E-state index in [4.69, 9.17) is 4.74 Å². The molecule has 2 saturated carbocycles. The fourth-order valence-corrected chi connectivity index (χ4v) is 9.68. The van der Waals surface area contributed by atoms with Crippen LogP contribution in [0.25, 0.3) is 0 Å². The van der Waals surface area contributed by atoms with Gasteiger partial charge in [0, 0.05) is 39.2 Å². The molecule has 1 spiro atoms. The van der Waals surface area contributed by atoms with Gasteiger partial charge in [0.05, 0.1) is 5.60 Å². The highest BCUT2D eigenvalue weighted by molar-refractivity contribution is 6.76. The summed E-state index contributed by atoms with van der Waals surface area (Å²) in [4.78, 5) is 34.8. The number of carbonyl (C=O) groups excluding carboxylic acids is 2. The second-order valence-electron chi connectivity index (χ2n) is 15.7. The summed E-state index contributed by atoms with van der Waals surface area (Å²) >= 11 is 0. The minimum atomic E-state index is -1.32. The largest absolute Gasteiger partial charge is 0.387 e. The van der Waals surface area contributed by atoms with Crippen molar-refractivity contribution in [3.63, 3.8) is 0 Å².